The summed E-state index contributed by atoms with van der Waals surface area (Å²) < 4.78 is 0.520. The first-order chi connectivity index (χ1) is 3.77. The van der Waals surface area contributed by atoms with E-state index in [-0.39, 0.29) is 0 Å². The fourth-order valence-corrected chi connectivity index (χ4v) is 1.76. The van der Waals surface area contributed by atoms with Crippen LogP contribution in [0.1, 0.15) is 0 Å². The monoisotopic (exact) mass is 226 g/mol. The molecule has 0 spiro atoms. The van der Waals surface area contributed by atoms with E-state index in [1.54, 1.807) is 0 Å². The van der Waals surface area contributed by atoms with Crippen LogP contribution in [0.4, 0.5) is 0 Å². The van der Waals surface area contributed by atoms with E-state index in [9.17, 15) is 0 Å². The second-order valence-corrected chi connectivity index (χ2v) is 4.57. The van der Waals surface area contributed by atoms with E-state index in [0.717, 1.165) is 19.6 Å². The van der Waals surface area contributed by atoms with Crippen molar-refractivity contribution < 1.29 is 0 Å². The summed E-state index contributed by atoms with van der Waals surface area (Å²) in [5.41, 5.74) is 0. The highest BCUT2D eigenvalue weighted by Crippen LogP contribution is 2.21. The summed E-state index contributed by atoms with van der Waals surface area (Å²) in [7, 11) is 2.00. The maximum Gasteiger partial charge on any atom is 0.0594 e. The third kappa shape index (κ3) is 1.33. The van der Waals surface area contributed by atoms with Gasteiger partial charge in [0.2, 0.25) is 0 Å². The molecule has 3 heteroatoms. The number of nitrogens with one attached hydrogen (secondary N) is 2. The number of rotatable bonds is 2. The maximum absolute atomic E-state index is 3.24. The molecule has 0 aromatic rings. The molecule has 0 radical (unpaired) electrons. The minimum Gasteiger partial charge on any atom is -0.318 e. The molecule has 0 aliphatic carbocycles. The van der Waals surface area contributed by atoms with Crippen LogP contribution in [0.25, 0.3) is 0 Å². The smallest absolute Gasteiger partial charge is 0.0594 e. The van der Waals surface area contributed by atoms with Crippen LogP contribution in [0, 0.1) is 0 Å². The zero-order valence-electron chi connectivity index (χ0n) is 5.00. The quantitative estimate of drug-likeness (QED) is 0.511. The Bertz CT molecular complexity index is 80.5. The minimum absolute atomic E-state index is 0.520. The standard InChI is InChI=1S/C5H11IN2/c1-7-2-5(6)3-8-4-5/h7-8H,2-4H2,1H3. The molecule has 1 heterocycles. The molecule has 0 saturated carbocycles. The first-order valence-electron chi connectivity index (χ1n) is 2.81. The summed E-state index contributed by atoms with van der Waals surface area (Å²) in [5.74, 6) is 0. The molecule has 1 aliphatic heterocycles. The zero-order chi connectivity index (χ0) is 6.04. The molecule has 0 amide bonds. The fourth-order valence-electron chi connectivity index (χ4n) is 0.838. The van der Waals surface area contributed by atoms with E-state index in [1.807, 2.05) is 7.05 Å². The molecule has 8 heavy (non-hydrogen) atoms. The third-order valence-electron chi connectivity index (χ3n) is 1.38. The van der Waals surface area contributed by atoms with Crippen molar-refractivity contribution in [1.29, 1.82) is 0 Å². The largest absolute Gasteiger partial charge is 0.318 e. The van der Waals surface area contributed by atoms with E-state index in [0.29, 0.717) is 3.42 Å². The molecule has 1 aliphatic rings. The van der Waals surface area contributed by atoms with E-state index >= 15 is 0 Å². The molecule has 2 nitrogen and oxygen atoms in total. The van der Waals surface area contributed by atoms with E-state index < -0.39 is 0 Å². The van der Waals surface area contributed by atoms with Crippen molar-refractivity contribution in [3.05, 3.63) is 0 Å². The lowest BCUT2D eigenvalue weighted by Crippen LogP contribution is -2.59. The van der Waals surface area contributed by atoms with Crippen molar-refractivity contribution in [1.82, 2.24) is 10.6 Å². The van der Waals surface area contributed by atoms with Crippen LogP contribution in [-0.2, 0) is 0 Å². The second-order valence-electron chi connectivity index (χ2n) is 2.28. The molecule has 0 unspecified atom stereocenters. The summed E-state index contributed by atoms with van der Waals surface area (Å²) in [5, 5.41) is 6.40. The van der Waals surface area contributed by atoms with Crippen LogP contribution in [0.3, 0.4) is 0 Å². The number of hydrogen-bond acceptors (Lipinski definition) is 2. The van der Waals surface area contributed by atoms with Crippen LogP contribution in [0.2, 0.25) is 0 Å². The molecule has 0 aromatic heterocycles. The predicted octanol–water partition coefficient (Wildman–Crippen LogP) is -0.0172. The van der Waals surface area contributed by atoms with Gasteiger partial charge in [-0.15, -0.1) is 0 Å². The van der Waals surface area contributed by atoms with Crippen molar-refractivity contribution in [3.63, 3.8) is 0 Å². The normalized spacial score (nSPS) is 24.8. The molecule has 2 N–H and O–H groups in total. The predicted molar refractivity (Wildman–Crippen MR) is 43.5 cm³/mol. The molecule has 0 aromatic carbocycles. The molecular formula is C5H11IN2. The highest BCUT2D eigenvalue weighted by molar-refractivity contribution is 14.1. The van der Waals surface area contributed by atoms with E-state index in [4.69, 9.17) is 0 Å². The van der Waals surface area contributed by atoms with Crippen molar-refractivity contribution in [2.24, 2.45) is 0 Å². The van der Waals surface area contributed by atoms with Crippen molar-refractivity contribution in [2.75, 3.05) is 26.7 Å². The summed E-state index contributed by atoms with van der Waals surface area (Å²) in [6.45, 7) is 3.45. The molecular weight excluding hydrogens is 215 g/mol. The molecule has 1 rings (SSSR count). The lowest BCUT2D eigenvalue weighted by Gasteiger charge is -2.37. The summed E-state index contributed by atoms with van der Waals surface area (Å²) in [4.78, 5) is 0. The Hall–Kier alpha value is 0.650. The Morgan fingerprint density at radius 1 is 1.75 bits per heavy atom. The van der Waals surface area contributed by atoms with Gasteiger partial charge in [0.15, 0.2) is 0 Å². The zero-order valence-corrected chi connectivity index (χ0v) is 7.16. The fraction of sp³-hybridized carbons (Fsp3) is 1.00. The summed E-state index contributed by atoms with van der Waals surface area (Å²) in [6, 6.07) is 0. The molecule has 0 bridgehead atoms. The van der Waals surface area contributed by atoms with Gasteiger partial charge in [-0.05, 0) is 7.05 Å². The summed E-state index contributed by atoms with van der Waals surface area (Å²) in [6.07, 6.45) is 0. The molecule has 48 valence electrons. The second kappa shape index (κ2) is 2.49. The third-order valence-corrected chi connectivity index (χ3v) is 2.52. The van der Waals surface area contributed by atoms with Gasteiger partial charge in [-0.3, -0.25) is 0 Å². The van der Waals surface area contributed by atoms with E-state index in [2.05, 4.69) is 33.2 Å². The molecule has 0 atom stereocenters. The van der Waals surface area contributed by atoms with Crippen LogP contribution in [0.15, 0.2) is 0 Å². The first kappa shape index (κ1) is 6.77. The van der Waals surface area contributed by atoms with Gasteiger partial charge in [0.1, 0.15) is 0 Å². The van der Waals surface area contributed by atoms with Crippen molar-refractivity contribution >= 4 is 22.6 Å². The van der Waals surface area contributed by atoms with Gasteiger partial charge in [0.05, 0.1) is 3.42 Å². The molecule has 1 fully saturated rings. The highest BCUT2D eigenvalue weighted by Gasteiger charge is 2.32. The lowest BCUT2D eigenvalue weighted by molar-refractivity contribution is 0.402. The van der Waals surface area contributed by atoms with Gasteiger partial charge in [0, 0.05) is 19.6 Å². The lowest BCUT2D eigenvalue weighted by atomic mass is 10.0. The van der Waals surface area contributed by atoms with Gasteiger partial charge in [-0.25, -0.2) is 0 Å². The number of alkyl halides is 1. The minimum atomic E-state index is 0.520. The Balaban J connectivity index is 2.20. The highest BCUT2D eigenvalue weighted by atomic mass is 127. The van der Waals surface area contributed by atoms with Gasteiger partial charge in [-0.2, -0.15) is 0 Å². The average Bonchev–Trinajstić information content (AvgIpc) is 1.64. The number of hydrogen-bond donors (Lipinski definition) is 2. The maximum atomic E-state index is 3.24. The molecule has 1 saturated heterocycles. The van der Waals surface area contributed by atoms with Crippen molar-refractivity contribution in [2.45, 2.75) is 3.42 Å². The van der Waals surface area contributed by atoms with Gasteiger partial charge in [-0.1, -0.05) is 22.6 Å². The van der Waals surface area contributed by atoms with Crippen LogP contribution in [-0.4, -0.2) is 30.1 Å². The van der Waals surface area contributed by atoms with Crippen LogP contribution >= 0.6 is 22.6 Å². The first-order valence-corrected chi connectivity index (χ1v) is 3.89. The summed E-state index contributed by atoms with van der Waals surface area (Å²) >= 11 is 2.50. The van der Waals surface area contributed by atoms with Crippen LogP contribution < -0.4 is 10.6 Å². The van der Waals surface area contributed by atoms with Gasteiger partial charge in [0.25, 0.3) is 0 Å². The van der Waals surface area contributed by atoms with Gasteiger partial charge < -0.3 is 10.6 Å². The Morgan fingerprint density at radius 2 is 2.38 bits per heavy atom. The van der Waals surface area contributed by atoms with E-state index in [1.165, 1.54) is 0 Å². The Morgan fingerprint density at radius 3 is 2.50 bits per heavy atom. The van der Waals surface area contributed by atoms with Gasteiger partial charge >= 0.3 is 0 Å². The van der Waals surface area contributed by atoms with Crippen LogP contribution in [0.5, 0.6) is 0 Å². The Labute approximate surface area is 63.6 Å². The SMILES string of the molecule is CNCC1(I)CNC1. The van der Waals surface area contributed by atoms with Crippen molar-refractivity contribution in [3.8, 4) is 0 Å². The number of halogens is 1. The average molecular weight is 226 g/mol. The Kier molecular flexibility index (Phi) is 2.11. The topological polar surface area (TPSA) is 24.1 Å².